The van der Waals surface area contributed by atoms with Gasteiger partial charge in [0.25, 0.3) is 0 Å². The van der Waals surface area contributed by atoms with Crippen LogP contribution in [0, 0.1) is 5.82 Å². The van der Waals surface area contributed by atoms with Crippen molar-refractivity contribution < 1.29 is 9.18 Å². The molecule has 100 valence electrons. The minimum atomic E-state index is -0.455. The van der Waals surface area contributed by atoms with E-state index < -0.39 is 5.91 Å². The van der Waals surface area contributed by atoms with Crippen LogP contribution in [0.1, 0.15) is 15.9 Å². The van der Waals surface area contributed by atoms with Crippen LogP contribution in [0.4, 0.5) is 4.39 Å². The van der Waals surface area contributed by atoms with Gasteiger partial charge in [-0.3, -0.25) is 4.79 Å². The summed E-state index contributed by atoms with van der Waals surface area (Å²) >= 11 is 0. The molecule has 4 heteroatoms. The number of nitrogens with zero attached hydrogens (tertiary/aromatic N) is 1. The molecule has 20 heavy (non-hydrogen) atoms. The van der Waals surface area contributed by atoms with E-state index in [0.717, 1.165) is 16.5 Å². The number of primary amides is 1. The van der Waals surface area contributed by atoms with Crippen LogP contribution in [0.15, 0.2) is 54.7 Å². The van der Waals surface area contributed by atoms with E-state index in [0.29, 0.717) is 12.1 Å². The first-order valence-electron chi connectivity index (χ1n) is 6.27. The maximum Gasteiger partial charge on any atom is 0.249 e. The van der Waals surface area contributed by atoms with Crippen LogP contribution in [0.25, 0.3) is 10.9 Å². The number of fused-ring (bicyclic) bond motifs is 1. The number of halogens is 1. The number of nitrogens with two attached hydrogens (primary N) is 1. The summed E-state index contributed by atoms with van der Waals surface area (Å²) in [6, 6.07) is 13.8. The Morgan fingerprint density at radius 3 is 2.75 bits per heavy atom. The highest BCUT2D eigenvalue weighted by Gasteiger charge is 2.09. The summed E-state index contributed by atoms with van der Waals surface area (Å²) in [6.07, 6.45) is 1.88. The van der Waals surface area contributed by atoms with Gasteiger partial charge in [0.05, 0.1) is 5.52 Å². The van der Waals surface area contributed by atoms with Gasteiger partial charge in [-0.1, -0.05) is 18.2 Å². The molecule has 0 aliphatic rings. The van der Waals surface area contributed by atoms with Crippen molar-refractivity contribution in [3.63, 3.8) is 0 Å². The van der Waals surface area contributed by atoms with Crippen LogP contribution in [0.3, 0.4) is 0 Å². The fraction of sp³-hybridized carbons (Fsp3) is 0.0625. The van der Waals surface area contributed by atoms with Crippen molar-refractivity contribution in [2.75, 3.05) is 0 Å². The number of rotatable bonds is 3. The van der Waals surface area contributed by atoms with Gasteiger partial charge >= 0.3 is 0 Å². The summed E-state index contributed by atoms with van der Waals surface area (Å²) in [7, 11) is 0. The molecule has 1 amide bonds. The average molecular weight is 268 g/mol. The molecular weight excluding hydrogens is 255 g/mol. The first-order valence-corrected chi connectivity index (χ1v) is 6.27. The number of benzene rings is 2. The Bertz CT molecular complexity index is 792. The topological polar surface area (TPSA) is 48.0 Å². The Morgan fingerprint density at radius 1 is 1.15 bits per heavy atom. The molecule has 0 unspecified atom stereocenters. The molecule has 0 bridgehead atoms. The van der Waals surface area contributed by atoms with Crippen molar-refractivity contribution in [1.82, 2.24) is 4.57 Å². The molecule has 2 aromatic carbocycles. The van der Waals surface area contributed by atoms with E-state index in [1.165, 1.54) is 12.1 Å². The SMILES string of the molecule is NC(=O)c1ccccc1Cn1ccc2ccc(F)cc21. The average Bonchev–Trinajstić information content (AvgIpc) is 2.82. The van der Waals surface area contributed by atoms with Crippen LogP contribution >= 0.6 is 0 Å². The van der Waals surface area contributed by atoms with Crippen molar-refractivity contribution >= 4 is 16.8 Å². The van der Waals surface area contributed by atoms with Gasteiger partial charge in [-0.25, -0.2) is 4.39 Å². The third-order valence-electron chi connectivity index (χ3n) is 3.36. The normalized spacial score (nSPS) is 10.8. The summed E-state index contributed by atoms with van der Waals surface area (Å²) < 4.78 is 15.3. The Kier molecular flexibility index (Phi) is 2.99. The maximum absolute atomic E-state index is 13.4. The minimum absolute atomic E-state index is 0.277. The third-order valence-corrected chi connectivity index (χ3v) is 3.36. The number of hydrogen-bond donors (Lipinski definition) is 1. The molecule has 0 aliphatic carbocycles. The largest absolute Gasteiger partial charge is 0.366 e. The van der Waals surface area contributed by atoms with Gasteiger partial charge in [-0.15, -0.1) is 0 Å². The van der Waals surface area contributed by atoms with Gasteiger partial charge in [-0.05, 0) is 41.3 Å². The van der Waals surface area contributed by atoms with Gasteiger partial charge in [-0.2, -0.15) is 0 Å². The second-order valence-electron chi connectivity index (χ2n) is 4.67. The number of amides is 1. The Morgan fingerprint density at radius 2 is 1.95 bits per heavy atom. The molecule has 1 aromatic heterocycles. The highest BCUT2D eigenvalue weighted by atomic mass is 19.1. The molecule has 0 spiro atoms. The van der Waals surface area contributed by atoms with Crippen LogP contribution in [-0.2, 0) is 6.54 Å². The van der Waals surface area contributed by atoms with Crippen molar-refractivity contribution in [3.05, 3.63) is 71.7 Å². The Balaban J connectivity index is 2.06. The molecule has 3 nitrogen and oxygen atoms in total. The van der Waals surface area contributed by atoms with E-state index in [1.54, 1.807) is 18.2 Å². The fourth-order valence-electron chi connectivity index (χ4n) is 2.38. The van der Waals surface area contributed by atoms with E-state index in [-0.39, 0.29) is 5.82 Å². The molecule has 1 heterocycles. The first-order chi connectivity index (χ1) is 9.65. The zero-order chi connectivity index (χ0) is 14.1. The van der Waals surface area contributed by atoms with E-state index in [9.17, 15) is 9.18 Å². The molecule has 0 aliphatic heterocycles. The zero-order valence-electron chi connectivity index (χ0n) is 10.7. The van der Waals surface area contributed by atoms with Crippen molar-refractivity contribution in [3.8, 4) is 0 Å². The standard InChI is InChI=1S/C16H13FN2O/c17-13-6-5-11-7-8-19(15(11)9-13)10-12-3-1-2-4-14(12)16(18)20/h1-9H,10H2,(H2,18,20). The van der Waals surface area contributed by atoms with Gasteiger partial charge in [0.1, 0.15) is 5.82 Å². The van der Waals surface area contributed by atoms with E-state index >= 15 is 0 Å². The molecule has 3 rings (SSSR count). The smallest absolute Gasteiger partial charge is 0.249 e. The number of carbonyl (C=O) groups is 1. The second-order valence-corrected chi connectivity index (χ2v) is 4.67. The lowest BCUT2D eigenvalue weighted by Crippen LogP contribution is -2.14. The number of carbonyl (C=O) groups excluding carboxylic acids is 1. The lowest BCUT2D eigenvalue weighted by atomic mass is 10.1. The predicted octanol–water partition coefficient (Wildman–Crippen LogP) is 2.93. The molecular formula is C16H13FN2O. The lowest BCUT2D eigenvalue weighted by molar-refractivity contribution is 0.0999. The van der Waals surface area contributed by atoms with Gasteiger partial charge in [0.2, 0.25) is 5.91 Å². The molecule has 0 atom stereocenters. The summed E-state index contributed by atoms with van der Waals surface area (Å²) in [5.41, 5.74) is 7.48. The van der Waals surface area contributed by atoms with Crippen LogP contribution < -0.4 is 5.73 Å². The van der Waals surface area contributed by atoms with Crippen LogP contribution in [0.5, 0.6) is 0 Å². The van der Waals surface area contributed by atoms with Gasteiger partial charge in [0.15, 0.2) is 0 Å². The molecule has 3 aromatic rings. The lowest BCUT2D eigenvalue weighted by Gasteiger charge is -2.09. The molecule has 0 saturated carbocycles. The number of aromatic nitrogens is 1. The second kappa shape index (κ2) is 4.81. The molecule has 2 N–H and O–H groups in total. The third kappa shape index (κ3) is 2.16. The van der Waals surface area contributed by atoms with Crippen LogP contribution in [0.2, 0.25) is 0 Å². The fourth-order valence-corrected chi connectivity index (χ4v) is 2.38. The summed E-state index contributed by atoms with van der Waals surface area (Å²) in [6.45, 7) is 0.478. The Hall–Kier alpha value is -2.62. The van der Waals surface area contributed by atoms with Gasteiger partial charge < -0.3 is 10.3 Å². The maximum atomic E-state index is 13.4. The molecule has 0 saturated heterocycles. The summed E-state index contributed by atoms with van der Waals surface area (Å²) in [5.74, 6) is -0.733. The van der Waals surface area contributed by atoms with Crippen molar-refractivity contribution in [2.45, 2.75) is 6.54 Å². The highest BCUT2D eigenvalue weighted by Crippen LogP contribution is 2.19. The van der Waals surface area contributed by atoms with Crippen molar-refractivity contribution in [1.29, 1.82) is 0 Å². The van der Waals surface area contributed by atoms with E-state index in [1.807, 2.05) is 29.0 Å². The monoisotopic (exact) mass is 268 g/mol. The van der Waals surface area contributed by atoms with Crippen LogP contribution in [-0.4, -0.2) is 10.5 Å². The summed E-state index contributed by atoms with van der Waals surface area (Å²) in [4.78, 5) is 11.4. The zero-order valence-corrected chi connectivity index (χ0v) is 10.7. The minimum Gasteiger partial charge on any atom is -0.366 e. The summed E-state index contributed by atoms with van der Waals surface area (Å²) in [5, 5.41) is 0.961. The Labute approximate surface area is 115 Å². The van der Waals surface area contributed by atoms with E-state index in [2.05, 4.69) is 0 Å². The van der Waals surface area contributed by atoms with Gasteiger partial charge in [0, 0.05) is 18.3 Å². The van der Waals surface area contributed by atoms with Crippen molar-refractivity contribution in [2.24, 2.45) is 5.73 Å². The number of hydrogen-bond acceptors (Lipinski definition) is 1. The first kappa shape index (κ1) is 12.4. The van der Waals surface area contributed by atoms with E-state index in [4.69, 9.17) is 5.73 Å². The highest BCUT2D eigenvalue weighted by molar-refractivity contribution is 5.94. The molecule has 0 radical (unpaired) electrons. The molecule has 0 fully saturated rings. The quantitative estimate of drug-likeness (QED) is 0.780. The predicted molar refractivity (Wildman–Crippen MR) is 76.0 cm³/mol.